The van der Waals surface area contributed by atoms with Crippen LogP contribution in [0.3, 0.4) is 0 Å². The molecule has 0 aliphatic carbocycles. The molecular formula is C24H33N3O4. The molecule has 1 unspecified atom stereocenters. The van der Waals surface area contributed by atoms with Gasteiger partial charge >= 0.3 is 6.09 Å². The van der Waals surface area contributed by atoms with Gasteiger partial charge in [-0.1, -0.05) is 24.8 Å². The van der Waals surface area contributed by atoms with Crippen LogP contribution in [0.4, 0.5) is 10.5 Å². The molecule has 0 saturated carbocycles. The average molecular weight is 428 g/mol. The number of para-hydroxylation sites is 1. The van der Waals surface area contributed by atoms with E-state index in [4.69, 9.17) is 4.74 Å². The lowest BCUT2D eigenvalue weighted by molar-refractivity contribution is -0.132. The van der Waals surface area contributed by atoms with Crippen LogP contribution >= 0.6 is 0 Å². The number of anilines is 1. The Morgan fingerprint density at radius 3 is 2.35 bits per heavy atom. The summed E-state index contributed by atoms with van der Waals surface area (Å²) in [7, 11) is 0. The number of rotatable bonds is 3. The quantitative estimate of drug-likeness (QED) is 0.744. The van der Waals surface area contributed by atoms with Crippen LogP contribution in [0.5, 0.6) is 0 Å². The van der Waals surface area contributed by atoms with Gasteiger partial charge in [0.1, 0.15) is 5.60 Å². The highest BCUT2D eigenvalue weighted by atomic mass is 16.6. The number of carbonyl (C=O) groups is 3. The Hall–Kier alpha value is -2.83. The molecule has 1 fully saturated rings. The molecule has 0 spiro atoms. The van der Waals surface area contributed by atoms with Crippen molar-refractivity contribution in [2.75, 3.05) is 18.0 Å². The predicted molar refractivity (Wildman–Crippen MR) is 120 cm³/mol. The lowest BCUT2D eigenvalue weighted by atomic mass is 9.90. The largest absolute Gasteiger partial charge is 0.443 e. The number of likely N-dealkylation sites (tertiary alicyclic amines) is 1. The number of carbonyl (C=O) groups excluding carboxylic acids is 3. The van der Waals surface area contributed by atoms with Gasteiger partial charge in [-0.25, -0.2) is 4.79 Å². The summed E-state index contributed by atoms with van der Waals surface area (Å²) in [5, 5.41) is 3.19. The van der Waals surface area contributed by atoms with Crippen LogP contribution < -0.4 is 10.2 Å². The highest BCUT2D eigenvalue weighted by Crippen LogP contribution is 2.47. The van der Waals surface area contributed by atoms with E-state index in [9.17, 15) is 14.4 Å². The number of nitrogens with zero attached hydrogens (tertiary/aromatic N) is 2. The second-order valence-electron chi connectivity index (χ2n) is 9.77. The molecule has 3 amide bonds. The Balaban J connectivity index is 1.78. The first-order chi connectivity index (χ1) is 14.5. The highest BCUT2D eigenvalue weighted by Gasteiger charge is 2.50. The van der Waals surface area contributed by atoms with Crippen molar-refractivity contribution in [3.63, 3.8) is 0 Å². The van der Waals surface area contributed by atoms with Crippen molar-refractivity contribution in [3.8, 4) is 0 Å². The molecule has 7 nitrogen and oxygen atoms in total. The molecule has 1 N–H and O–H groups in total. The molecular weight excluding hydrogens is 394 g/mol. The zero-order valence-electron chi connectivity index (χ0n) is 19.1. The first kappa shape index (κ1) is 22.8. The third-order valence-corrected chi connectivity index (χ3v) is 5.99. The zero-order chi connectivity index (χ0) is 23.0. The number of hydrogen-bond donors (Lipinski definition) is 1. The van der Waals surface area contributed by atoms with Gasteiger partial charge in [-0.3, -0.25) is 14.5 Å². The minimum absolute atomic E-state index is 0.0513. The maximum Gasteiger partial charge on any atom is 0.415 e. The van der Waals surface area contributed by atoms with E-state index in [0.29, 0.717) is 25.9 Å². The van der Waals surface area contributed by atoms with Gasteiger partial charge in [0.2, 0.25) is 11.8 Å². The highest BCUT2D eigenvalue weighted by molar-refractivity contribution is 5.94. The number of amides is 3. The minimum Gasteiger partial charge on any atom is -0.443 e. The molecule has 2 heterocycles. The van der Waals surface area contributed by atoms with E-state index in [1.807, 2.05) is 58.9 Å². The van der Waals surface area contributed by atoms with Crippen molar-refractivity contribution in [3.05, 3.63) is 42.5 Å². The third-order valence-electron chi connectivity index (χ3n) is 5.99. The van der Waals surface area contributed by atoms with Crippen molar-refractivity contribution in [2.45, 2.75) is 64.6 Å². The van der Waals surface area contributed by atoms with Crippen molar-refractivity contribution in [1.82, 2.24) is 10.2 Å². The second kappa shape index (κ2) is 8.36. The second-order valence-corrected chi connectivity index (χ2v) is 9.77. The first-order valence-electron chi connectivity index (χ1n) is 10.8. The number of hydrogen-bond acceptors (Lipinski definition) is 4. The summed E-state index contributed by atoms with van der Waals surface area (Å²) in [6.45, 7) is 14.0. The van der Waals surface area contributed by atoms with Crippen molar-refractivity contribution >= 4 is 23.6 Å². The fraction of sp³-hybridized carbons (Fsp3) is 0.542. The molecule has 3 rings (SSSR count). The first-order valence-corrected chi connectivity index (χ1v) is 10.8. The number of nitrogens with one attached hydrogen (secondary N) is 1. The standard InChI is InChI=1S/C24H33N3O4/c1-7-19(28)26-14-12-16(13-15-26)21(29)25-20-17-10-8-9-11-18(17)27(24(20,5)6)22(30)31-23(2,3)4/h7-11,16,20H,1,12-15H2,2-6H3,(H,25,29). The normalized spacial score (nSPS) is 20.7. The predicted octanol–water partition coefficient (Wildman–Crippen LogP) is 3.80. The van der Waals surface area contributed by atoms with Crippen LogP contribution in [0.15, 0.2) is 36.9 Å². The Morgan fingerprint density at radius 2 is 1.77 bits per heavy atom. The van der Waals surface area contributed by atoms with E-state index in [1.54, 1.807) is 9.80 Å². The average Bonchev–Trinajstić information content (AvgIpc) is 2.92. The maximum absolute atomic E-state index is 13.1. The molecule has 0 aromatic heterocycles. The van der Waals surface area contributed by atoms with Crippen LogP contribution in [0.2, 0.25) is 0 Å². The Bertz CT molecular complexity index is 879. The van der Waals surface area contributed by atoms with Gasteiger partial charge in [0.15, 0.2) is 0 Å². The summed E-state index contributed by atoms with van der Waals surface area (Å²) >= 11 is 0. The Morgan fingerprint density at radius 1 is 1.16 bits per heavy atom. The minimum atomic E-state index is -0.707. The van der Waals surface area contributed by atoms with E-state index >= 15 is 0 Å². The van der Waals surface area contributed by atoms with E-state index in [2.05, 4.69) is 11.9 Å². The fourth-order valence-electron chi connectivity index (χ4n) is 4.40. The zero-order valence-corrected chi connectivity index (χ0v) is 19.1. The number of piperidine rings is 1. The molecule has 31 heavy (non-hydrogen) atoms. The summed E-state index contributed by atoms with van der Waals surface area (Å²) in [5.41, 5.74) is 0.311. The molecule has 7 heteroatoms. The molecule has 1 atom stereocenters. The monoisotopic (exact) mass is 427 g/mol. The van der Waals surface area contributed by atoms with Crippen LogP contribution in [-0.2, 0) is 14.3 Å². The van der Waals surface area contributed by atoms with Crippen LogP contribution in [0.1, 0.15) is 59.1 Å². The van der Waals surface area contributed by atoms with Gasteiger partial charge in [-0.05, 0) is 59.6 Å². The lowest BCUT2D eigenvalue weighted by Gasteiger charge is -2.38. The number of fused-ring (bicyclic) bond motifs is 1. The smallest absolute Gasteiger partial charge is 0.415 e. The summed E-state index contributed by atoms with van der Waals surface area (Å²) in [6, 6.07) is 7.25. The van der Waals surface area contributed by atoms with Gasteiger partial charge in [0, 0.05) is 24.6 Å². The van der Waals surface area contributed by atoms with Gasteiger partial charge in [0.25, 0.3) is 0 Å². The Kier molecular flexibility index (Phi) is 6.16. The third kappa shape index (κ3) is 4.60. The topological polar surface area (TPSA) is 79.0 Å². The molecule has 168 valence electrons. The van der Waals surface area contributed by atoms with Gasteiger partial charge in [-0.15, -0.1) is 0 Å². The number of benzene rings is 1. The summed E-state index contributed by atoms with van der Waals surface area (Å²) < 4.78 is 5.66. The number of ether oxygens (including phenoxy) is 1. The van der Waals surface area contributed by atoms with Gasteiger partial charge in [-0.2, -0.15) is 0 Å². The molecule has 2 aliphatic rings. The van der Waals surface area contributed by atoms with E-state index in [1.165, 1.54) is 6.08 Å². The van der Waals surface area contributed by atoms with Crippen molar-refractivity contribution in [2.24, 2.45) is 5.92 Å². The van der Waals surface area contributed by atoms with E-state index < -0.39 is 17.2 Å². The van der Waals surface area contributed by atoms with Crippen LogP contribution in [0.25, 0.3) is 0 Å². The van der Waals surface area contributed by atoms with E-state index in [0.717, 1.165) is 11.3 Å². The van der Waals surface area contributed by atoms with Crippen molar-refractivity contribution < 1.29 is 19.1 Å². The van der Waals surface area contributed by atoms with Gasteiger partial charge in [0.05, 0.1) is 17.3 Å². The lowest BCUT2D eigenvalue weighted by Crippen LogP contribution is -2.54. The molecule has 2 aliphatic heterocycles. The molecule has 0 radical (unpaired) electrons. The molecule has 1 aromatic carbocycles. The summed E-state index contributed by atoms with van der Waals surface area (Å²) in [6.07, 6.45) is 2.09. The van der Waals surface area contributed by atoms with Crippen LogP contribution in [-0.4, -0.2) is 47.0 Å². The summed E-state index contributed by atoms with van der Waals surface area (Å²) in [5.74, 6) is -0.324. The SMILES string of the molecule is C=CC(=O)N1CCC(C(=O)NC2c3ccccc3N(C(=O)OC(C)(C)C)C2(C)C)CC1. The molecule has 1 saturated heterocycles. The maximum atomic E-state index is 13.1. The van der Waals surface area contributed by atoms with E-state index in [-0.39, 0.29) is 23.8 Å². The van der Waals surface area contributed by atoms with Crippen LogP contribution in [0, 0.1) is 5.92 Å². The molecule has 1 aromatic rings. The molecule has 0 bridgehead atoms. The Labute approximate surface area is 184 Å². The summed E-state index contributed by atoms with van der Waals surface area (Å²) in [4.78, 5) is 41.3. The fourth-order valence-corrected chi connectivity index (χ4v) is 4.40. The van der Waals surface area contributed by atoms with Crippen molar-refractivity contribution in [1.29, 1.82) is 0 Å². The van der Waals surface area contributed by atoms with Gasteiger partial charge < -0.3 is 15.0 Å².